The van der Waals surface area contributed by atoms with Crippen molar-refractivity contribution < 1.29 is 23.7 Å². The molecule has 1 heterocycles. The molecule has 9 heteroatoms. The van der Waals surface area contributed by atoms with E-state index in [1.54, 1.807) is 6.07 Å². The lowest BCUT2D eigenvalue weighted by Crippen LogP contribution is -2.13. The number of nitrogens with one attached hydrogen (secondary N) is 1. The minimum absolute atomic E-state index is 0.335. The first-order valence-corrected chi connectivity index (χ1v) is 10.7. The molecule has 3 aromatic rings. The van der Waals surface area contributed by atoms with E-state index in [0.717, 1.165) is 17.0 Å². The standard InChI is InChI=1S/C21H21BrN2O5S/c1-5-29-13-8-6-12(7-9-13)15-11-30-21(23-15)24-20(25)14-10-16(26-2)18(27-3)19(28-4)17(14)22/h6-11H,5H2,1-4H3,(H,23,24,25). The van der Waals surface area contributed by atoms with Crippen molar-refractivity contribution in [3.8, 4) is 34.3 Å². The quantitative estimate of drug-likeness (QED) is 0.462. The van der Waals surface area contributed by atoms with Gasteiger partial charge in [-0.25, -0.2) is 4.98 Å². The zero-order valence-electron chi connectivity index (χ0n) is 16.9. The third-order valence-corrected chi connectivity index (χ3v) is 5.74. The molecule has 0 aliphatic carbocycles. The maximum absolute atomic E-state index is 12.9. The van der Waals surface area contributed by atoms with E-state index in [1.165, 1.54) is 32.7 Å². The lowest BCUT2D eigenvalue weighted by Gasteiger charge is -2.16. The summed E-state index contributed by atoms with van der Waals surface area (Å²) in [5, 5.41) is 5.18. The van der Waals surface area contributed by atoms with Crippen molar-refractivity contribution in [2.45, 2.75) is 6.92 Å². The van der Waals surface area contributed by atoms with Crippen LogP contribution in [0.4, 0.5) is 5.13 Å². The molecule has 0 saturated heterocycles. The first-order valence-electron chi connectivity index (χ1n) is 9.00. The van der Waals surface area contributed by atoms with Gasteiger partial charge in [-0.2, -0.15) is 0 Å². The number of hydrogen-bond acceptors (Lipinski definition) is 7. The Labute approximate surface area is 187 Å². The summed E-state index contributed by atoms with van der Waals surface area (Å²) in [7, 11) is 4.50. The number of halogens is 1. The van der Waals surface area contributed by atoms with Gasteiger partial charge in [0, 0.05) is 10.9 Å². The zero-order valence-corrected chi connectivity index (χ0v) is 19.3. The number of aromatic nitrogens is 1. The Balaban J connectivity index is 1.83. The second kappa shape index (κ2) is 9.82. The summed E-state index contributed by atoms with van der Waals surface area (Å²) in [6, 6.07) is 9.23. The van der Waals surface area contributed by atoms with E-state index < -0.39 is 0 Å². The Kier molecular flexibility index (Phi) is 7.17. The van der Waals surface area contributed by atoms with Gasteiger partial charge in [-0.05, 0) is 53.2 Å². The van der Waals surface area contributed by atoms with E-state index in [9.17, 15) is 4.79 Å². The molecule has 158 valence electrons. The molecule has 3 rings (SSSR count). The molecule has 0 fully saturated rings. The first-order chi connectivity index (χ1) is 14.5. The highest BCUT2D eigenvalue weighted by molar-refractivity contribution is 9.10. The molecular weight excluding hydrogens is 472 g/mol. The number of carbonyl (C=O) groups excluding carboxylic acids is 1. The third-order valence-electron chi connectivity index (χ3n) is 4.20. The second-order valence-electron chi connectivity index (χ2n) is 5.96. The molecule has 7 nitrogen and oxygen atoms in total. The maximum Gasteiger partial charge on any atom is 0.258 e. The van der Waals surface area contributed by atoms with Crippen molar-refractivity contribution in [1.82, 2.24) is 4.98 Å². The van der Waals surface area contributed by atoms with E-state index in [4.69, 9.17) is 18.9 Å². The van der Waals surface area contributed by atoms with Crippen LogP contribution in [-0.4, -0.2) is 38.8 Å². The second-order valence-corrected chi connectivity index (χ2v) is 7.61. The van der Waals surface area contributed by atoms with E-state index in [2.05, 4.69) is 26.2 Å². The highest BCUT2D eigenvalue weighted by atomic mass is 79.9. The molecule has 30 heavy (non-hydrogen) atoms. The predicted octanol–water partition coefficient (Wildman–Crippen LogP) is 5.25. The number of amides is 1. The Morgan fingerprint density at radius 2 is 1.80 bits per heavy atom. The average molecular weight is 493 g/mol. The largest absolute Gasteiger partial charge is 0.494 e. The van der Waals surface area contributed by atoms with Gasteiger partial charge in [-0.15, -0.1) is 11.3 Å². The zero-order chi connectivity index (χ0) is 21.7. The number of rotatable bonds is 8. The van der Waals surface area contributed by atoms with Gasteiger partial charge in [0.2, 0.25) is 5.75 Å². The maximum atomic E-state index is 12.9. The Morgan fingerprint density at radius 3 is 2.40 bits per heavy atom. The summed E-state index contributed by atoms with van der Waals surface area (Å²) in [5.41, 5.74) is 2.04. The van der Waals surface area contributed by atoms with Gasteiger partial charge in [0.25, 0.3) is 5.91 Å². The van der Waals surface area contributed by atoms with Crippen LogP contribution in [0.5, 0.6) is 23.0 Å². The SMILES string of the molecule is CCOc1ccc(-c2csc(NC(=O)c3cc(OC)c(OC)c(OC)c3Br)n2)cc1. The van der Waals surface area contributed by atoms with Gasteiger partial charge < -0.3 is 18.9 Å². The number of thiazole rings is 1. The van der Waals surface area contributed by atoms with Crippen molar-refractivity contribution in [3.63, 3.8) is 0 Å². The van der Waals surface area contributed by atoms with Crippen LogP contribution in [0, 0.1) is 0 Å². The first kappa shape index (κ1) is 21.9. The minimum Gasteiger partial charge on any atom is -0.494 e. The Morgan fingerprint density at radius 1 is 1.10 bits per heavy atom. The Hall–Kier alpha value is -2.78. The van der Waals surface area contributed by atoms with Crippen LogP contribution in [0.3, 0.4) is 0 Å². The van der Waals surface area contributed by atoms with Crippen LogP contribution >= 0.6 is 27.3 Å². The molecule has 1 N–H and O–H groups in total. The fourth-order valence-electron chi connectivity index (χ4n) is 2.80. The number of hydrogen-bond donors (Lipinski definition) is 1. The molecule has 0 radical (unpaired) electrons. The normalized spacial score (nSPS) is 10.4. The molecule has 0 aliphatic heterocycles. The molecule has 2 aromatic carbocycles. The fourth-order valence-corrected chi connectivity index (χ4v) is 4.15. The molecule has 0 saturated carbocycles. The van der Waals surface area contributed by atoms with Crippen LogP contribution < -0.4 is 24.3 Å². The molecule has 0 aliphatic rings. The summed E-state index contributed by atoms with van der Waals surface area (Å²) in [4.78, 5) is 17.4. The summed E-state index contributed by atoms with van der Waals surface area (Å²) < 4.78 is 22.0. The third kappa shape index (κ3) is 4.52. The molecule has 0 unspecified atom stereocenters. The van der Waals surface area contributed by atoms with Gasteiger partial charge in [0.15, 0.2) is 16.6 Å². The summed E-state index contributed by atoms with van der Waals surface area (Å²) in [5.74, 6) is 1.61. The van der Waals surface area contributed by atoms with Gasteiger partial charge >= 0.3 is 0 Å². The number of methoxy groups -OCH3 is 3. The number of anilines is 1. The summed E-state index contributed by atoms with van der Waals surface area (Å²) >= 11 is 4.76. The van der Waals surface area contributed by atoms with Gasteiger partial charge in [-0.1, -0.05) is 0 Å². The summed E-state index contributed by atoms with van der Waals surface area (Å²) in [6.07, 6.45) is 0. The molecule has 1 aromatic heterocycles. The van der Waals surface area contributed by atoms with Crippen LogP contribution in [0.1, 0.15) is 17.3 Å². The van der Waals surface area contributed by atoms with Crippen LogP contribution in [0.2, 0.25) is 0 Å². The van der Waals surface area contributed by atoms with E-state index in [1.807, 2.05) is 36.6 Å². The molecule has 0 spiro atoms. The smallest absolute Gasteiger partial charge is 0.258 e. The van der Waals surface area contributed by atoms with Gasteiger partial charge in [-0.3, -0.25) is 10.1 Å². The van der Waals surface area contributed by atoms with Crippen molar-refractivity contribution in [2.24, 2.45) is 0 Å². The van der Waals surface area contributed by atoms with E-state index in [0.29, 0.717) is 39.0 Å². The van der Waals surface area contributed by atoms with Crippen molar-refractivity contribution >= 4 is 38.3 Å². The van der Waals surface area contributed by atoms with Crippen molar-refractivity contribution in [2.75, 3.05) is 33.3 Å². The average Bonchev–Trinajstić information content (AvgIpc) is 3.22. The van der Waals surface area contributed by atoms with Crippen LogP contribution in [0.15, 0.2) is 40.2 Å². The van der Waals surface area contributed by atoms with Crippen LogP contribution in [0.25, 0.3) is 11.3 Å². The van der Waals surface area contributed by atoms with Gasteiger partial charge in [0.1, 0.15) is 5.75 Å². The van der Waals surface area contributed by atoms with E-state index >= 15 is 0 Å². The summed E-state index contributed by atoms with van der Waals surface area (Å²) in [6.45, 7) is 2.55. The molecule has 1 amide bonds. The van der Waals surface area contributed by atoms with Crippen molar-refractivity contribution in [1.29, 1.82) is 0 Å². The highest BCUT2D eigenvalue weighted by Crippen LogP contribution is 2.45. The number of nitrogens with zero attached hydrogens (tertiary/aromatic N) is 1. The van der Waals surface area contributed by atoms with Gasteiger partial charge in [0.05, 0.1) is 43.7 Å². The molecule has 0 bridgehead atoms. The lowest BCUT2D eigenvalue weighted by atomic mass is 10.1. The number of ether oxygens (including phenoxy) is 4. The monoisotopic (exact) mass is 492 g/mol. The minimum atomic E-state index is -0.353. The fraction of sp³-hybridized carbons (Fsp3) is 0.238. The molecule has 0 atom stereocenters. The highest BCUT2D eigenvalue weighted by Gasteiger charge is 2.23. The van der Waals surface area contributed by atoms with E-state index in [-0.39, 0.29) is 5.91 Å². The van der Waals surface area contributed by atoms with Crippen molar-refractivity contribution in [3.05, 3.63) is 45.7 Å². The lowest BCUT2D eigenvalue weighted by molar-refractivity contribution is 0.102. The number of carbonyl (C=O) groups is 1. The Bertz CT molecular complexity index is 1040. The topological polar surface area (TPSA) is 78.9 Å². The number of benzene rings is 2. The predicted molar refractivity (Wildman–Crippen MR) is 120 cm³/mol. The van der Waals surface area contributed by atoms with Crippen LogP contribution in [-0.2, 0) is 0 Å². The molecular formula is C21H21BrN2O5S.